The van der Waals surface area contributed by atoms with Gasteiger partial charge in [-0.15, -0.1) is 0 Å². The molecule has 3 aromatic carbocycles. The molecule has 1 amide bonds. The fraction of sp³-hybridized carbons (Fsp3) is 0.290. The van der Waals surface area contributed by atoms with E-state index in [2.05, 4.69) is 18.0 Å². The topological polar surface area (TPSA) is 93.5 Å². The minimum atomic E-state index is -3.63. The third kappa shape index (κ3) is 7.17. The zero-order valence-corrected chi connectivity index (χ0v) is 23.6. The molecule has 1 N–H and O–H groups in total. The molecule has 1 aliphatic rings. The maximum Gasteiger partial charge on any atom is 0.303 e. The highest BCUT2D eigenvalue weighted by Gasteiger charge is 2.33. The van der Waals surface area contributed by atoms with E-state index in [9.17, 15) is 27.3 Å². The highest BCUT2D eigenvalue weighted by molar-refractivity contribution is 7.86. The first-order valence-electron chi connectivity index (χ1n) is 13.3. The van der Waals surface area contributed by atoms with Crippen molar-refractivity contribution in [1.29, 1.82) is 5.26 Å². The minimum absolute atomic E-state index is 0.0350. The van der Waals surface area contributed by atoms with Crippen LogP contribution in [-0.2, 0) is 15.0 Å². The van der Waals surface area contributed by atoms with Gasteiger partial charge < -0.3 is 5.32 Å². The van der Waals surface area contributed by atoms with E-state index in [1.54, 1.807) is 6.07 Å². The molecule has 1 unspecified atom stereocenters. The molecule has 0 aromatic heterocycles. The van der Waals surface area contributed by atoms with E-state index in [0.29, 0.717) is 37.9 Å². The maximum absolute atomic E-state index is 13.6. The normalized spacial score (nSPS) is 15.1. The number of halogens is 2. The number of nitrogens with zero attached hydrogens (tertiary/aromatic N) is 3. The molecule has 10 heteroatoms. The molecule has 0 aliphatic carbocycles. The van der Waals surface area contributed by atoms with Crippen LogP contribution in [-0.4, -0.2) is 43.1 Å². The van der Waals surface area contributed by atoms with Crippen LogP contribution < -0.4 is 5.32 Å². The highest BCUT2D eigenvalue weighted by Crippen LogP contribution is 2.38. The largest absolute Gasteiger partial charge is 0.326 e. The Hall–Kier alpha value is -4.07. The van der Waals surface area contributed by atoms with Crippen molar-refractivity contribution < 1.29 is 22.0 Å². The molecule has 1 fully saturated rings. The standard InChI is InChI=1S/C31H32F2N4O3S/c1-3-36(2)41(39,40)37-17-15-25(16-18-37)28(12-14-31(38)35-27-11-13-29(32)30(33)20-27)24-9-7-23(8-10-24)26-6-4-5-22(19-26)21-34/h3-11,13,19-20,25,28H,1,12,14-18H2,2H3,(H,35,38). The lowest BCUT2D eigenvalue weighted by Gasteiger charge is -2.37. The van der Waals surface area contributed by atoms with Crippen LogP contribution in [0.5, 0.6) is 0 Å². The van der Waals surface area contributed by atoms with Crippen LogP contribution in [0.15, 0.2) is 79.5 Å². The van der Waals surface area contributed by atoms with Gasteiger partial charge in [-0.05, 0) is 72.1 Å². The van der Waals surface area contributed by atoms with Gasteiger partial charge in [0.2, 0.25) is 5.91 Å². The summed E-state index contributed by atoms with van der Waals surface area (Å²) < 4.78 is 55.0. The predicted octanol–water partition coefficient (Wildman–Crippen LogP) is 6.04. The number of carbonyl (C=O) groups is 1. The van der Waals surface area contributed by atoms with Crippen molar-refractivity contribution in [3.8, 4) is 17.2 Å². The number of hydrogen-bond donors (Lipinski definition) is 1. The van der Waals surface area contributed by atoms with Gasteiger partial charge in [-0.3, -0.25) is 9.10 Å². The second-order valence-electron chi connectivity index (χ2n) is 10.1. The van der Waals surface area contributed by atoms with Crippen LogP contribution in [0.2, 0.25) is 0 Å². The fourth-order valence-electron chi connectivity index (χ4n) is 5.23. The lowest BCUT2D eigenvalue weighted by Crippen LogP contribution is -2.44. The summed E-state index contributed by atoms with van der Waals surface area (Å²) in [6.07, 6.45) is 3.14. The van der Waals surface area contributed by atoms with Crippen molar-refractivity contribution in [3.05, 3.63) is 102 Å². The number of nitriles is 1. The van der Waals surface area contributed by atoms with Crippen molar-refractivity contribution in [3.63, 3.8) is 0 Å². The Morgan fingerprint density at radius 2 is 1.80 bits per heavy atom. The highest BCUT2D eigenvalue weighted by atomic mass is 32.2. The minimum Gasteiger partial charge on any atom is -0.326 e. The fourth-order valence-corrected chi connectivity index (χ4v) is 6.46. The summed E-state index contributed by atoms with van der Waals surface area (Å²) in [5.74, 6) is -2.26. The second-order valence-corrected chi connectivity index (χ2v) is 12.1. The summed E-state index contributed by atoms with van der Waals surface area (Å²) in [7, 11) is -2.18. The first kappa shape index (κ1) is 29.9. The van der Waals surface area contributed by atoms with Crippen molar-refractivity contribution in [2.75, 3.05) is 25.5 Å². The molecule has 1 aliphatic heterocycles. The van der Waals surface area contributed by atoms with Crippen molar-refractivity contribution in [2.45, 2.75) is 31.6 Å². The van der Waals surface area contributed by atoms with Gasteiger partial charge in [0.1, 0.15) is 0 Å². The average Bonchev–Trinajstić information content (AvgIpc) is 2.99. The molecule has 1 atom stereocenters. The second kappa shape index (κ2) is 13.1. The lowest BCUT2D eigenvalue weighted by atomic mass is 9.77. The Morgan fingerprint density at radius 1 is 1.10 bits per heavy atom. The molecule has 4 rings (SSSR count). The van der Waals surface area contributed by atoms with E-state index in [4.69, 9.17) is 0 Å². The van der Waals surface area contributed by atoms with Crippen LogP contribution in [0, 0.1) is 28.9 Å². The lowest BCUT2D eigenvalue weighted by molar-refractivity contribution is -0.116. The number of hydrogen-bond acceptors (Lipinski definition) is 4. The summed E-state index contributed by atoms with van der Waals surface area (Å²) in [5.41, 5.74) is 3.65. The number of anilines is 1. The van der Waals surface area contributed by atoms with Crippen LogP contribution in [0.1, 0.15) is 42.7 Å². The number of rotatable bonds is 10. The zero-order chi connectivity index (χ0) is 29.6. The third-order valence-electron chi connectivity index (χ3n) is 7.56. The molecule has 41 heavy (non-hydrogen) atoms. The van der Waals surface area contributed by atoms with E-state index in [0.717, 1.165) is 33.1 Å². The van der Waals surface area contributed by atoms with E-state index >= 15 is 0 Å². The van der Waals surface area contributed by atoms with Gasteiger partial charge in [0, 0.05) is 44.5 Å². The Morgan fingerprint density at radius 3 is 2.44 bits per heavy atom. The van der Waals surface area contributed by atoms with Gasteiger partial charge in [-0.1, -0.05) is 43.0 Å². The quantitative estimate of drug-likeness (QED) is 0.318. The Balaban J connectivity index is 1.52. The first-order chi connectivity index (χ1) is 19.6. The molecule has 0 radical (unpaired) electrons. The van der Waals surface area contributed by atoms with Gasteiger partial charge in [0.15, 0.2) is 11.6 Å². The van der Waals surface area contributed by atoms with Crippen molar-refractivity contribution >= 4 is 21.8 Å². The number of benzene rings is 3. The van der Waals surface area contributed by atoms with Crippen LogP contribution in [0.3, 0.4) is 0 Å². The summed E-state index contributed by atoms with van der Waals surface area (Å²) in [4.78, 5) is 12.8. The van der Waals surface area contributed by atoms with E-state index in [1.807, 2.05) is 42.5 Å². The Bertz CT molecular complexity index is 1550. The number of nitrogens with one attached hydrogen (secondary N) is 1. The van der Waals surface area contributed by atoms with Crippen molar-refractivity contribution in [2.24, 2.45) is 5.92 Å². The number of piperidine rings is 1. The Labute approximate surface area is 239 Å². The average molecular weight is 579 g/mol. The van der Waals surface area contributed by atoms with Crippen LogP contribution >= 0.6 is 0 Å². The Kier molecular flexibility index (Phi) is 9.53. The summed E-state index contributed by atoms with van der Waals surface area (Å²) in [6.45, 7) is 4.25. The molecule has 0 bridgehead atoms. The van der Waals surface area contributed by atoms with E-state index in [1.165, 1.54) is 23.6 Å². The van der Waals surface area contributed by atoms with Gasteiger partial charge in [-0.25, -0.2) is 8.78 Å². The monoisotopic (exact) mass is 578 g/mol. The van der Waals surface area contributed by atoms with Gasteiger partial charge in [0.25, 0.3) is 0 Å². The molecule has 214 valence electrons. The smallest absolute Gasteiger partial charge is 0.303 e. The first-order valence-corrected chi connectivity index (χ1v) is 14.7. The maximum atomic E-state index is 13.6. The van der Waals surface area contributed by atoms with E-state index in [-0.39, 0.29) is 29.9 Å². The molecular weight excluding hydrogens is 546 g/mol. The zero-order valence-electron chi connectivity index (χ0n) is 22.8. The van der Waals surface area contributed by atoms with Crippen LogP contribution in [0.4, 0.5) is 14.5 Å². The van der Waals surface area contributed by atoms with Gasteiger partial charge in [0.05, 0.1) is 11.6 Å². The molecule has 0 saturated carbocycles. The predicted molar refractivity (Wildman–Crippen MR) is 155 cm³/mol. The molecule has 0 spiro atoms. The van der Waals surface area contributed by atoms with Gasteiger partial charge >= 0.3 is 10.2 Å². The van der Waals surface area contributed by atoms with Crippen molar-refractivity contribution in [1.82, 2.24) is 8.61 Å². The van der Waals surface area contributed by atoms with E-state index < -0.39 is 21.8 Å². The summed E-state index contributed by atoms with van der Waals surface area (Å²) in [6, 6.07) is 20.7. The third-order valence-corrected chi connectivity index (χ3v) is 9.46. The molecule has 1 saturated heterocycles. The summed E-state index contributed by atoms with van der Waals surface area (Å²) in [5, 5.41) is 11.9. The number of carbonyl (C=O) groups excluding carboxylic acids is 1. The molecule has 3 aromatic rings. The van der Waals surface area contributed by atoms with Crippen LogP contribution in [0.25, 0.3) is 11.1 Å². The summed E-state index contributed by atoms with van der Waals surface area (Å²) >= 11 is 0. The SMILES string of the molecule is C=CN(C)S(=O)(=O)N1CCC(C(CCC(=O)Nc2ccc(F)c(F)c2)c2ccc(-c3cccc(C#N)c3)cc2)CC1. The molecule has 1 heterocycles. The molecule has 7 nitrogen and oxygen atoms in total. The molecular formula is C31H32F2N4O3S. The van der Waals surface area contributed by atoms with Gasteiger partial charge in [-0.2, -0.15) is 18.0 Å². The number of amides is 1.